The van der Waals surface area contributed by atoms with E-state index in [0.717, 1.165) is 6.07 Å². The summed E-state index contributed by atoms with van der Waals surface area (Å²) in [4.78, 5) is 0. The van der Waals surface area contributed by atoms with Crippen LogP contribution in [0.2, 0.25) is 5.02 Å². The maximum Gasteiger partial charge on any atom is 0.420 e. The van der Waals surface area contributed by atoms with Crippen LogP contribution in [0.15, 0.2) is 34.7 Å². The van der Waals surface area contributed by atoms with Crippen LogP contribution in [-0.2, 0) is 6.18 Å². The van der Waals surface area contributed by atoms with Crippen molar-refractivity contribution < 1.29 is 17.6 Å². The van der Waals surface area contributed by atoms with Crippen LogP contribution >= 0.6 is 11.6 Å². The first-order chi connectivity index (χ1) is 8.41. The van der Waals surface area contributed by atoms with E-state index >= 15 is 0 Å². The number of halogens is 4. The lowest BCUT2D eigenvalue weighted by molar-refractivity contribution is -0.138. The molecule has 0 N–H and O–H groups in total. The van der Waals surface area contributed by atoms with Gasteiger partial charge in [-0.1, -0.05) is 11.6 Å². The Bertz CT molecular complexity index is 608. The van der Waals surface area contributed by atoms with E-state index in [-0.39, 0.29) is 5.76 Å². The Balaban J connectivity index is 2.52. The first-order valence-corrected chi connectivity index (χ1v) is 5.16. The Kier molecular flexibility index (Phi) is 3.05. The van der Waals surface area contributed by atoms with Crippen molar-refractivity contribution in [2.24, 2.45) is 0 Å². The van der Waals surface area contributed by atoms with Crippen LogP contribution in [0.5, 0.6) is 0 Å². The molecule has 0 atom stereocenters. The lowest BCUT2D eigenvalue weighted by Gasteiger charge is -2.01. The third-order valence-electron chi connectivity index (χ3n) is 2.27. The van der Waals surface area contributed by atoms with Crippen LogP contribution in [0.4, 0.5) is 13.2 Å². The zero-order valence-corrected chi connectivity index (χ0v) is 9.51. The molecule has 2 rings (SSSR count). The van der Waals surface area contributed by atoms with Crippen molar-refractivity contribution in [3.05, 3.63) is 46.7 Å². The second-order valence-corrected chi connectivity index (χ2v) is 3.91. The van der Waals surface area contributed by atoms with Gasteiger partial charge in [0.15, 0.2) is 0 Å². The minimum Gasteiger partial charge on any atom is -0.445 e. The molecule has 0 aliphatic carbocycles. The summed E-state index contributed by atoms with van der Waals surface area (Å²) in [6, 6.07) is 8.28. The third kappa shape index (κ3) is 2.34. The van der Waals surface area contributed by atoms with Crippen molar-refractivity contribution in [3.63, 3.8) is 0 Å². The molecular weight excluding hydrogens is 267 g/mol. The van der Waals surface area contributed by atoms with Crippen LogP contribution in [0, 0.1) is 11.3 Å². The van der Waals surface area contributed by atoms with E-state index in [1.807, 2.05) is 0 Å². The Morgan fingerprint density at radius 1 is 1.17 bits per heavy atom. The van der Waals surface area contributed by atoms with Crippen LogP contribution in [0.25, 0.3) is 11.3 Å². The highest BCUT2D eigenvalue weighted by atomic mass is 35.5. The fourth-order valence-electron chi connectivity index (χ4n) is 1.44. The van der Waals surface area contributed by atoms with E-state index in [4.69, 9.17) is 21.3 Å². The fraction of sp³-hybridized carbons (Fsp3) is 0.0833. The molecule has 2 nitrogen and oxygen atoms in total. The second-order valence-electron chi connectivity index (χ2n) is 3.47. The molecule has 0 aliphatic rings. The highest BCUT2D eigenvalue weighted by Crippen LogP contribution is 2.36. The Labute approximate surface area is 105 Å². The van der Waals surface area contributed by atoms with E-state index in [1.165, 1.54) is 30.3 Å². The SMILES string of the molecule is N#Cc1oc(-c2ccc(Cl)cc2)cc1C(F)(F)F. The summed E-state index contributed by atoms with van der Waals surface area (Å²) in [5.41, 5.74) is -0.652. The van der Waals surface area contributed by atoms with Crippen LogP contribution in [-0.4, -0.2) is 0 Å². The van der Waals surface area contributed by atoms with Crippen LogP contribution in [0.1, 0.15) is 11.3 Å². The number of benzene rings is 1. The van der Waals surface area contributed by atoms with Gasteiger partial charge in [0.25, 0.3) is 0 Å². The van der Waals surface area contributed by atoms with E-state index < -0.39 is 17.5 Å². The first kappa shape index (κ1) is 12.5. The molecule has 0 spiro atoms. The number of furan rings is 1. The van der Waals surface area contributed by atoms with Gasteiger partial charge < -0.3 is 4.42 Å². The Hall–Kier alpha value is -1.93. The monoisotopic (exact) mass is 271 g/mol. The molecule has 1 heterocycles. The Morgan fingerprint density at radius 2 is 1.78 bits per heavy atom. The number of rotatable bonds is 1. The molecule has 0 saturated carbocycles. The van der Waals surface area contributed by atoms with Crippen molar-refractivity contribution in [1.82, 2.24) is 0 Å². The van der Waals surface area contributed by atoms with Crippen molar-refractivity contribution >= 4 is 11.6 Å². The van der Waals surface area contributed by atoms with Gasteiger partial charge in [-0.2, -0.15) is 18.4 Å². The summed E-state index contributed by atoms with van der Waals surface area (Å²) in [5, 5.41) is 9.08. The fourth-order valence-corrected chi connectivity index (χ4v) is 1.57. The van der Waals surface area contributed by atoms with E-state index in [9.17, 15) is 13.2 Å². The molecule has 0 fully saturated rings. The van der Waals surface area contributed by atoms with Gasteiger partial charge in [-0.15, -0.1) is 0 Å². The minimum absolute atomic E-state index is 0.0180. The highest BCUT2D eigenvalue weighted by molar-refractivity contribution is 6.30. The highest BCUT2D eigenvalue weighted by Gasteiger charge is 2.37. The smallest absolute Gasteiger partial charge is 0.420 e. The minimum atomic E-state index is -4.61. The third-order valence-corrected chi connectivity index (χ3v) is 2.52. The first-order valence-electron chi connectivity index (χ1n) is 4.79. The van der Waals surface area contributed by atoms with Crippen LogP contribution in [0.3, 0.4) is 0 Å². The van der Waals surface area contributed by atoms with Gasteiger partial charge in [-0.3, -0.25) is 0 Å². The molecule has 1 aromatic carbocycles. The van der Waals surface area contributed by atoms with Crippen molar-refractivity contribution in [2.75, 3.05) is 0 Å². The largest absolute Gasteiger partial charge is 0.445 e. The maximum atomic E-state index is 12.6. The normalized spacial score (nSPS) is 11.3. The van der Waals surface area contributed by atoms with Gasteiger partial charge in [-0.25, -0.2) is 0 Å². The maximum absolute atomic E-state index is 12.6. The second kappa shape index (κ2) is 4.39. The molecule has 1 aromatic heterocycles. The lowest BCUT2D eigenvalue weighted by Crippen LogP contribution is -2.04. The summed E-state index contributed by atoms with van der Waals surface area (Å²) in [5.74, 6) is -0.761. The predicted octanol–water partition coefficient (Wildman–Crippen LogP) is 4.49. The van der Waals surface area contributed by atoms with Gasteiger partial charge in [0, 0.05) is 10.6 Å². The average Bonchev–Trinajstić information content (AvgIpc) is 2.73. The standard InChI is InChI=1S/C12H5ClF3NO/c13-8-3-1-7(2-4-8)10-5-9(12(14,15)16)11(6-17)18-10/h1-5H. The molecule has 0 aliphatic heterocycles. The molecule has 0 bridgehead atoms. The molecule has 0 unspecified atom stereocenters. The average molecular weight is 272 g/mol. The topological polar surface area (TPSA) is 36.9 Å². The molecule has 0 saturated heterocycles. The van der Waals surface area contributed by atoms with Gasteiger partial charge in [0.1, 0.15) is 17.4 Å². The lowest BCUT2D eigenvalue weighted by atomic mass is 10.1. The number of hydrogen-bond donors (Lipinski definition) is 0. The predicted molar refractivity (Wildman–Crippen MR) is 58.9 cm³/mol. The zero-order valence-electron chi connectivity index (χ0n) is 8.75. The number of hydrogen-bond acceptors (Lipinski definition) is 2. The van der Waals surface area contributed by atoms with Crippen molar-refractivity contribution in [1.29, 1.82) is 5.26 Å². The van der Waals surface area contributed by atoms with Gasteiger partial charge in [0.2, 0.25) is 5.76 Å². The molecule has 0 amide bonds. The van der Waals surface area contributed by atoms with E-state index in [1.54, 1.807) is 0 Å². The summed E-state index contributed by atoms with van der Waals surface area (Å²) in [7, 11) is 0. The molecule has 18 heavy (non-hydrogen) atoms. The summed E-state index contributed by atoms with van der Waals surface area (Å²) in [6.07, 6.45) is -4.61. The quantitative estimate of drug-likeness (QED) is 0.766. The molecule has 92 valence electrons. The molecule has 0 radical (unpaired) electrons. The molecular formula is C12H5ClF3NO. The number of alkyl halides is 3. The van der Waals surface area contributed by atoms with Gasteiger partial charge in [0.05, 0.1) is 0 Å². The van der Waals surface area contributed by atoms with Crippen molar-refractivity contribution in [3.8, 4) is 17.4 Å². The zero-order chi connectivity index (χ0) is 13.3. The Morgan fingerprint density at radius 3 is 2.22 bits per heavy atom. The van der Waals surface area contributed by atoms with Gasteiger partial charge in [-0.05, 0) is 30.3 Å². The molecule has 2 aromatic rings. The van der Waals surface area contributed by atoms with Crippen molar-refractivity contribution in [2.45, 2.75) is 6.18 Å². The van der Waals surface area contributed by atoms with Gasteiger partial charge >= 0.3 is 6.18 Å². The van der Waals surface area contributed by atoms with E-state index in [0.29, 0.717) is 10.6 Å². The summed E-state index contributed by atoms with van der Waals surface area (Å²) in [6.45, 7) is 0. The summed E-state index contributed by atoms with van der Waals surface area (Å²) >= 11 is 5.67. The number of nitriles is 1. The summed E-state index contributed by atoms with van der Waals surface area (Å²) < 4.78 is 42.7. The van der Waals surface area contributed by atoms with Crippen LogP contribution < -0.4 is 0 Å². The number of nitrogens with zero attached hydrogens (tertiary/aromatic N) is 1. The van der Waals surface area contributed by atoms with E-state index in [2.05, 4.69) is 0 Å². The molecule has 6 heteroatoms.